The van der Waals surface area contributed by atoms with Gasteiger partial charge in [0.25, 0.3) is 0 Å². The highest BCUT2D eigenvalue weighted by molar-refractivity contribution is 9.10. The highest BCUT2D eigenvalue weighted by Gasteiger charge is 2.30. The maximum absolute atomic E-state index is 12.2. The molecule has 0 N–H and O–H groups in total. The Morgan fingerprint density at radius 3 is 2.64 bits per heavy atom. The summed E-state index contributed by atoms with van der Waals surface area (Å²) in [4.78, 5) is 20.5. The molecule has 1 amide bonds. The molecule has 0 aromatic carbocycles. The van der Waals surface area contributed by atoms with E-state index in [4.69, 9.17) is 16.3 Å². The van der Waals surface area contributed by atoms with Crippen molar-refractivity contribution in [2.45, 2.75) is 39.3 Å². The largest absolute Gasteiger partial charge is 0.444 e. The van der Waals surface area contributed by atoms with Gasteiger partial charge >= 0.3 is 6.09 Å². The van der Waals surface area contributed by atoms with Gasteiger partial charge in [0.05, 0.1) is 0 Å². The first-order chi connectivity index (χ1) is 10.2. The van der Waals surface area contributed by atoms with Gasteiger partial charge in [-0.25, -0.2) is 9.78 Å². The van der Waals surface area contributed by atoms with Crippen molar-refractivity contribution in [3.05, 3.63) is 21.8 Å². The Morgan fingerprint density at radius 2 is 2.09 bits per heavy atom. The van der Waals surface area contributed by atoms with E-state index in [9.17, 15) is 4.79 Å². The number of carbonyl (C=O) groups is 1. The Hall–Kier alpha value is -1.01. The van der Waals surface area contributed by atoms with Gasteiger partial charge in [0.2, 0.25) is 0 Å². The number of carbonyl (C=O) groups excluding carboxylic acids is 1. The number of piperazine rings is 1. The molecule has 1 saturated heterocycles. The van der Waals surface area contributed by atoms with E-state index in [1.807, 2.05) is 26.8 Å². The molecule has 7 heteroatoms. The van der Waals surface area contributed by atoms with Crippen LogP contribution in [0.2, 0.25) is 5.02 Å². The number of halogens is 2. The molecule has 2 heterocycles. The van der Waals surface area contributed by atoms with E-state index in [-0.39, 0.29) is 12.1 Å². The van der Waals surface area contributed by atoms with E-state index < -0.39 is 5.60 Å². The maximum Gasteiger partial charge on any atom is 0.410 e. The number of amides is 1. The van der Waals surface area contributed by atoms with Crippen molar-refractivity contribution in [2.75, 3.05) is 24.5 Å². The topological polar surface area (TPSA) is 45.7 Å². The lowest BCUT2D eigenvalue weighted by Crippen LogP contribution is -2.54. The number of nitrogens with zero attached hydrogens (tertiary/aromatic N) is 3. The quantitative estimate of drug-likeness (QED) is 0.681. The van der Waals surface area contributed by atoms with E-state index in [2.05, 4.69) is 32.7 Å². The number of aromatic nitrogens is 1. The molecular formula is C15H21BrClN3O2. The van der Waals surface area contributed by atoms with E-state index >= 15 is 0 Å². The first kappa shape index (κ1) is 17.3. The molecule has 1 fully saturated rings. The average molecular weight is 391 g/mol. The molecule has 1 aromatic rings. The molecule has 2 rings (SSSR count). The number of rotatable bonds is 1. The third-order valence-electron chi connectivity index (χ3n) is 3.32. The van der Waals surface area contributed by atoms with Crippen LogP contribution in [-0.2, 0) is 4.74 Å². The fourth-order valence-electron chi connectivity index (χ4n) is 2.39. The second-order valence-electron chi connectivity index (χ2n) is 6.44. The van der Waals surface area contributed by atoms with Gasteiger partial charge in [0.15, 0.2) is 0 Å². The molecule has 5 nitrogen and oxygen atoms in total. The molecule has 122 valence electrons. The molecule has 0 spiro atoms. The zero-order chi connectivity index (χ0) is 16.5. The summed E-state index contributed by atoms with van der Waals surface area (Å²) in [6, 6.07) is 3.73. The van der Waals surface area contributed by atoms with Gasteiger partial charge in [-0.3, -0.25) is 0 Å². The zero-order valence-electron chi connectivity index (χ0n) is 13.3. The van der Waals surface area contributed by atoms with Crippen molar-refractivity contribution in [1.29, 1.82) is 0 Å². The standard InChI is InChI=1S/C15H21BrClN3O2/c1-10-9-19(14(21)22-15(2,3)4)5-6-20(10)13-8-11(17)7-12(16)18-13/h7-8,10H,5-6,9H2,1-4H3/t10-/m1/s1. The summed E-state index contributed by atoms with van der Waals surface area (Å²) in [7, 11) is 0. The van der Waals surface area contributed by atoms with Crippen molar-refractivity contribution in [2.24, 2.45) is 0 Å². The number of pyridine rings is 1. The van der Waals surface area contributed by atoms with Gasteiger partial charge < -0.3 is 14.5 Å². The lowest BCUT2D eigenvalue weighted by Gasteiger charge is -2.40. The summed E-state index contributed by atoms with van der Waals surface area (Å²) in [6.07, 6.45) is -0.265. The lowest BCUT2D eigenvalue weighted by molar-refractivity contribution is 0.0218. The van der Waals surface area contributed by atoms with Crippen LogP contribution in [-0.4, -0.2) is 47.3 Å². The maximum atomic E-state index is 12.2. The third kappa shape index (κ3) is 4.49. The molecule has 0 radical (unpaired) electrons. The van der Waals surface area contributed by atoms with E-state index in [0.29, 0.717) is 29.3 Å². The Labute approximate surface area is 144 Å². The second-order valence-corrected chi connectivity index (χ2v) is 7.68. The molecule has 22 heavy (non-hydrogen) atoms. The summed E-state index contributed by atoms with van der Waals surface area (Å²) < 4.78 is 6.13. The van der Waals surface area contributed by atoms with Crippen LogP contribution in [0.3, 0.4) is 0 Å². The molecular weight excluding hydrogens is 370 g/mol. The zero-order valence-corrected chi connectivity index (χ0v) is 15.6. The van der Waals surface area contributed by atoms with Crippen LogP contribution in [0.25, 0.3) is 0 Å². The summed E-state index contributed by atoms with van der Waals surface area (Å²) in [6.45, 7) is 9.58. The number of ether oxygens (including phenoxy) is 1. The Balaban J connectivity index is 2.05. The number of hydrogen-bond donors (Lipinski definition) is 0. The highest BCUT2D eigenvalue weighted by atomic mass is 79.9. The van der Waals surface area contributed by atoms with E-state index in [1.165, 1.54) is 0 Å². The predicted octanol–water partition coefficient (Wildman–Crippen LogP) is 3.94. The van der Waals surface area contributed by atoms with Gasteiger partial charge in [-0.1, -0.05) is 11.6 Å². The molecule has 0 unspecified atom stereocenters. The molecule has 0 bridgehead atoms. The van der Waals surface area contributed by atoms with Gasteiger partial charge in [-0.05, 0) is 55.8 Å². The van der Waals surface area contributed by atoms with Gasteiger partial charge in [-0.15, -0.1) is 0 Å². The fraction of sp³-hybridized carbons (Fsp3) is 0.600. The van der Waals surface area contributed by atoms with Crippen LogP contribution in [0.4, 0.5) is 10.6 Å². The number of anilines is 1. The lowest BCUT2D eigenvalue weighted by atomic mass is 10.2. The average Bonchev–Trinajstić information content (AvgIpc) is 2.35. The van der Waals surface area contributed by atoms with Crippen LogP contribution in [0.5, 0.6) is 0 Å². The summed E-state index contributed by atoms with van der Waals surface area (Å²) in [5, 5.41) is 0.638. The van der Waals surface area contributed by atoms with E-state index in [1.54, 1.807) is 11.0 Å². The van der Waals surface area contributed by atoms with Crippen molar-refractivity contribution in [3.63, 3.8) is 0 Å². The smallest absolute Gasteiger partial charge is 0.410 e. The first-order valence-corrected chi connectivity index (χ1v) is 8.40. The van der Waals surface area contributed by atoms with Gasteiger partial charge in [0, 0.05) is 30.7 Å². The fourth-order valence-corrected chi connectivity index (χ4v) is 3.15. The minimum absolute atomic E-state index is 0.138. The third-order valence-corrected chi connectivity index (χ3v) is 3.94. The highest BCUT2D eigenvalue weighted by Crippen LogP contribution is 2.25. The van der Waals surface area contributed by atoms with Gasteiger partial charge in [-0.2, -0.15) is 0 Å². The molecule has 0 saturated carbocycles. The second kappa shape index (κ2) is 6.62. The minimum Gasteiger partial charge on any atom is -0.444 e. The normalized spacial score (nSPS) is 19.3. The van der Waals surface area contributed by atoms with Crippen LogP contribution < -0.4 is 4.90 Å². The van der Waals surface area contributed by atoms with Crippen LogP contribution in [0, 0.1) is 0 Å². The predicted molar refractivity (Wildman–Crippen MR) is 91.6 cm³/mol. The van der Waals surface area contributed by atoms with Crippen molar-refractivity contribution in [3.8, 4) is 0 Å². The van der Waals surface area contributed by atoms with Crippen LogP contribution in [0.1, 0.15) is 27.7 Å². The summed E-state index contributed by atoms with van der Waals surface area (Å²) >= 11 is 9.45. The van der Waals surface area contributed by atoms with Crippen LogP contribution in [0.15, 0.2) is 16.7 Å². The minimum atomic E-state index is -0.475. The van der Waals surface area contributed by atoms with Crippen molar-refractivity contribution in [1.82, 2.24) is 9.88 Å². The Bertz CT molecular complexity index is 542. The number of hydrogen-bond acceptors (Lipinski definition) is 4. The summed E-state index contributed by atoms with van der Waals surface area (Å²) in [5.41, 5.74) is -0.475. The molecule has 0 aliphatic carbocycles. The molecule has 1 aliphatic rings. The van der Waals surface area contributed by atoms with Crippen molar-refractivity contribution < 1.29 is 9.53 Å². The monoisotopic (exact) mass is 389 g/mol. The SMILES string of the molecule is C[C@@H]1CN(C(=O)OC(C)(C)C)CCN1c1cc(Cl)cc(Br)n1. The molecule has 1 atom stereocenters. The van der Waals surface area contributed by atoms with Crippen molar-refractivity contribution >= 4 is 39.4 Å². The van der Waals surface area contributed by atoms with E-state index in [0.717, 1.165) is 5.82 Å². The summed E-state index contributed by atoms with van der Waals surface area (Å²) in [5.74, 6) is 0.815. The van der Waals surface area contributed by atoms with Crippen LogP contribution >= 0.6 is 27.5 Å². The van der Waals surface area contributed by atoms with Gasteiger partial charge in [0.1, 0.15) is 16.0 Å². The molecule has 1 aromatic heterocycles. The first-order valence-electron chi connectivity index (χ1n) is 7.23. The Kier molecular flexibility index (Phi) is 5.22. The molecule has 1 aliphatic heterocycles. The Morgan fingerprint density at radius 1 is 1.41 bits per heavy atom.